The Morgan fingerprint density at radius 2 is 1.92 bits per heavy atom. The molecule has 0 fully saturated rings. The van der Waals surface area contributed by atoms with Crippen LogP contribution in [0, 0.1) is 0 Å². The van der Waals surface area contributed by atoms with E-state index in [1.807, 2.05) is 12.1 Å². The number of aromatic nitrogens is 2. The molecule has 1 heterocycles. The SMILES string of the molecule is O=C(O)NC1CCc2cc(Nc3ncc(C(F)(F)F)cn3)ccc2C1. The van der Waals surface area contributed by atoms with Gasteiger partial charge in [-0.1, -0.05) is 6.07 Å². The lowest BCUT2D eigenvalue weighted by Crippen LogP contribution is -2.37. The van der Waals surface area contributed by atoms with Gasteiger partial charge in [-0.05, 0) is 42.5 Å². The summed E-state index contributed by atoms with van der Waals surface area (Å²) in [4.78, 5) is 18.1. The third-order valence-electron chi connectivity index (χ3n) is 4.00. The van der Waals surface area contributed by atoms with E-state index in [0.717, 1.165) is 23.5 Å². The lowest BCUT2D eigenvalue weighted by Gasteiger charge is -2.25. The Labute approximate surface area is 141 Å². The standard InChI is InChI=1S/C16H15F3N4O2/c17-16(18,19)11-7-20-14(21-8-11)22-12-3-1-10-6-13(23-15(24)25)4-2-9(10)5-12/h1,3,5,7-8,13,23H,2,4,6H2,(H,24,25)(H,20,21,22). The zero-order chi connectivity index (χ0) is 18.0. The zero-order valence-electron chi connectivity index (χ0n) is 13.0. The summed E-state index contributed by atoms with van der Waals surface area (Å²) < 4.78 is 37.5. The highest BCUT2D eigenvalue weighted by Gasteiger charge is 2.31. The fourth-order valence-corrected chi connectivity index (χ4v) is 2.80. The number of hydrogen-bond donors (Lipinski definition) is 3. The van der Waals surface area contributed by atoms with Gasteiger partial charge >= 0.3 is 12.3 Å². The van der Waals surface area contributed by atoms with E-state index >= 15 is 0 Å². The highest BCUT2D eigenvalue weighted by atomic mass is 19.4. The summed E-state index contributed by atoms with van der Waals surface area (Å²) in [6.07, 6.45) is -2.02. The summed E-state index contributed by atoms with van der Waals surface area (Å²) >= 11 is 0. The first-order chi connectivity index (χ1) is 11.8. The fraction of sp³-hybridized carbons (Fsp3) is 0.312. The quantitative estimate of drug-likeness (QED) is 0.788. The van der Waals surface area contributed by atoms with Crippen LogP contribution in [0.3, 0.4) is 0 Å². The number of carbonyl (C=O) groups is 1. The number of aryl methyl sites for hydroxylation is 1. The molecule has 3 rings (SSSR count). The van der Waals surface area contributed by atoms with Crippen LogP contribution in [0.4, 0.5) is 29.6 Å². The smallest absolute Gasteiger partial charge is 0.419 e. The highest BCUT2D eigenvalue weighted by Crippen LogP contribution is 2.29. The molecule has 0 saturated heterocycles. The van der Waals surface area contributed by atoms with Gasteiger partial charge in [0.1, 0.15) is 0 Å². The minimum atomic E-state index is -4.47. The molecule has 0 aliphatic heterocycles. The van der Waals surface area contributed by atoms with E-state index in [9.17, 15) is 18.0 Å². The minimum Gasteiger partial charge on any atom is -0.465 e. The first-order valence-electron chi connectivity index (χ1n) is 7.59. The molecule has 0 radical (unpaired) electrons. The lowest BCUT2D eigenvalue weighted by molar-refractivity contribution is -0.138. The zero-order valence-corrected chi connectivity index (χ0v) is 13.0. The molecule has 1 atom stereocenters. The molecule has 0 saturated carbocycles. The van der Waals surface area contributed by atoms with E-state index in [4.69, 9.17) is 5.11 Å². The highest BCUT2D eigenvalue weighted by molar-refractivity contribution is 5.65. The van der Waals surface area contributed by atoms with E-state index in [2.05, 4.69) is 20.6 Å². The molecule has 0 bridgehead atoms. The molecule has 1 aromatic carbocycles. The van der Waals surface area contributed by atoms with Gasteiger partial charge in [-0.25, -0.2) is 14.8 Å². The van der Waals surface area contributed by atoms with Crippen molar-refractivity contribution in [1.29, 1.82) is 0 Å². The van der Waals surface area contributed by atoms with Gasteiger partial charge in [0.2, 0.25) is 5.95 Å². The van der Waals surface area contributed by atoms with Crippen molar-refractivity contribution >= 4 is 17.7 Å². The van der Waals surface area contributed by atoms with Gasteiger partial charge in [0.05, 0.1) is 5.56 Å². The van der Waals surface area contributed by atoms with Crippen LogP contribution < -0.4 is 10.6 Å². The topological polar surface area (TPSA) is 87.1 Å². The van der Waals surface area contributed by atoms with Gasteiger partial charge in [0, 0.05) is 24.1 Å². The van der Waals surface area contributed by atoms with Gasteiger partial charge < -0.3 is 15.7 Å². The molecular weight excluding hydrogens is 337 g/mol. The second-order valence-electron chi connectivity index (χ2n) is 5.79. The number of alkyl halides is 3. The molecule has 9 heteroatoms. The number of benzene rings is 1. The van der Waals surface area contributed by atoms with Crippen molar-refractivity contribution in [1.82, 2.24) is 15.3 Å². The van der Waals surface area contributed by atoms with Gasteiger partial charge in [0.15, 0.2) is 0 Å². The average Bonchev–Trinajstić information content (AvgIpc) is 2.54. The van der Waals surface area contributed by atoms with E-state index < -0.39 is 17.8 Å². The third-order valence-corrected chi connectivity index (χ3v) is 4.00. The number of carboxylic acid groups (broad SMARTS) is 1. The first kappa shape index (κ1) is 17.0. The Balaban J connectivity index is 1.70. The average molecular weight is 352 g/mol. The van der Waals surface area contributed by atoms with Crippen molar-refractivity contribution in [3.63, 3.8) is 0 Å². The second-order valence-corrected chi connectivity index (χ2v) is 5.79. The molecule has 1 aromatic heterocycles. The molecule has 1 aliphatic carbocycles. The van der Waals surface area contributed by atoms with Crippen molar-refractivity contribution in [3.8, 4) is 0 Å². The lowest BCUT2D eigenvalue weighted by atomic mass is 9.88. The van der Waals surface area contributed by atoms with Crippen LogP contribution in [0.5, 0.6) is 0 Å². The van der Waals surface area contributed by atoms with Gasteiger partial charge in [-0.2, -0.15) is 13.2 Å². The number of halogens is 3. The summed E-state index contributed by atoms with van der Waals surface area (Å²) in [5.41, 5.74) is 1.88. The molecule has 1 aliphatic rings. The summed E-state index contributed by atoms with van der Waals surface area (Å²) in [6.45, 7) is 0. The molecule has 132 valence electrons. The maximum Gasteiger partial charge on any atom is 0.419 e. The monoisotopic (exact) mass is 352 g/mol. The maximum absolute atomic E-state index is 12.5. The van der Waals surface area contributed by atoms with Crippen LogP contribution >= 0.6 is 0 Å². The van der Waals surface area contributed by atoms with Crippen LogP contribution in [0.2, 0.25) is 0 Å². The molecular formula is C16H15F3N4O2. The molecule has 25 heavy (non-hydrogen) atoms. The molecule has 1 unspecified atom stereocenters. The first-order valence-corrected chi connectivity index (χ1v) is 7.59. The Kier molecular flexibility index (Phi) is 4.47. The second kappa shape index (κ2) is 6.58. The number of rotatable bonds is 3. The molecule has 3 N–H and O–H groups in total. The van der Waals surface area contributed by atoms with Crippen molar-refractivity contribution in [2.45, 2.75) is 31.5 Å². The van der Waals surface area contributed by atoms with E-state index in [-0.39, 0.29) is 12.0 Å². The van der Waals surface area contributed by atoms with E-state index in [1.54, 1.807) is 6.07 Å². The molecule has 2 aromatic rings. The molecule has 6 nitrogen and oxygen atoms in total. The Morgan fingerprint density at radius 3 is 2.56 bits per heavy atom. The van der Waals surface area contributed by atoms with Crippen LogP contribution in [-0.2, 0) is 19.0 Å². The number of fused-ring (bicyclic) bond motifs is 1. The maximum atomic E-state index is 12.5. The Bertz CT molecular complexity index is 778. The normalized spacial score (nSPS) is 16.8. The number of hydrogen-bond acceptors (Lipinski definition) is 4. The number of amides is 1. The molecule has 1 amide bonds. The van der Waals surface area contributed by atoms with Crippen LogP contribution in [0.25, 0.3) is 0 Å². The van der Waals surface area contributed by atoms with Gasteiger partial charge in [-0.15, -0.1) is 0 Å². The number of nitrogens with one attached hydrogen (secondary N) is 2. The van der Waals surface area contributed by atoms with Crippen molar-refractivity contribution in [3.05, 3.63) is 47.3 Å². The summed E-state index contributed by atoms with van der Waals surface area (Å²) in [6, 6.07) is 5.41. The van der Waals surface area contributed by atoms with Crippen LogP contribution in [-0.4, -0.2) is 27.2 Å². The van der Waals surface area contributed by atoms with Crippen molar-refractivity contribution in [2.75, 3.05) is 5.32 Å². The summed E-state index contributed by atoms with van der Waals surface area (Å²) in [5.74, 6) is 0.0779. The predicted molar refractivity (Wildman–Crippen MR) is 83.7 cm³/mol. The summed E-state index contributed by atoms with van der Waals surface area (Å²) in [5, 5.41) is 14.1. The third kappa shape index (κ3) is 4.17. The molecule has 0 spiro atoms. The Morgan fingerprint density at radius 1 is 1.20 bits per heavy atom. The van der Waals surface area contributed by atoms with E-state index in [1.165, 1.54) is 0 Å². The Hall–Kier alpha value is -2.84. The van der Waals surface area contributed by atoms with Gasteiger partial charge in [-0.3, -0.25) is 0 Å². The minimum absolute atomic E-state index is 0.0779. The van der Waals surface area contributed by atoms with E-state index in [0.29, 0.717) is 24.9 Å². The number of nitrogens with zero attached hydrogens (tertiary/aromatic N) is 2. The van der Waals surface area contributed by atoms with Crippen LogP contribution in [0.15, 0.2) is 30.6 Å². The van der Waals surface area contributed by atoms with Crippen molar-refractivity contribution in [2.24, 2.45) is 0 Å². The predicted octanol–water partition coefficient (Wildman–Crippen LogP) is 3.36. The largest absolute Gasteiger partial charge is 0.465 e. The van der Waals surface area contributed by atoms with Crippen LogP contribution in [0.1, 0.15) is 23.1 Å². The summed E-state index contributed by atoms with van der Waals surface area (Å²) in [7, 11) is 0. The number of anilines is 2. The van der Waals surface area contributed by atoms with Crippen molar-refractivity contribution < 1.29 is 23.1 Å². The van der Waals surface area contributed by atoms with Gasteiger partial charge in [0.25, 0.3) is 0 Å². The fourth-order valence-electron chi connectivity index (χ4n) is 2.80.